The second kappa shape index (κ2) is 4.24. The first-order valence-electron chi connectivity index (χ1n) is 5.84. The van der Waals surface area contributed by atoms with Crippen LogP contribution in [-0.2, 0) is 4.74 Å². The Balaban J connectivity index is 2.51. The fraction of sp³-hybridized carbons (Fsp3) is 0.0667. The number of aromatic amines is 1. The van der Waals surface area contributed by atoms with Crippen LogP contribution in [0.2, 0.25) is 0 Å². The van der Waals surface area contributed by atoms with E-state index in [-0.39, 0.29) is 5.43 Å². The molecule has 0 radical (unpaired) electrons. The molecule has 0 aliphatic carbocycles. The van der Waals surface area contributed by atoms with Crippen molar-refractivity contribution in [2.24, 2.45) is 0 Å². The van der Waals surface area contributed by atoms with E-state index in [9.17, 15) is 9.59 Å². The number of methoxy groups -OCH3 is 1. The fourth-order valence-electron chi connectivity index (χ4n) is 2.23. The van der Waals surface area contributed by atoms with Gasteiger partial charge >= 0.3 is 5.97 Å². The van der Waals surface area contributed by atoms with E-state index in [1.54, 1.807) is 24.3 Å². The molecule has 4 heteroatoms. The van der Waals surface area contributed by atoms with Crippen LogP contribution < -0.4 is 5.43 Å². The Morgan fingerprint density at radius 3 is 2.58 bits per heavy atom. The number of nitrogens with one attached hydrogen (secondary N) is 1. The van der Waals surface area contributed by atoms with E-state index in [0.717, 1.165) is 0 Å². The number of rotatable bonds is 1. The van der Waals surface area contributed by atoms with Gasteiger partial charge < -0.3 is 9.72 Å². The molecular weight excluding hydrogens is 242 g/mol. The molecule has 19 heavy (non-hydrogen) atoms. The lowest BCUT2D eigenvalue weighted by atomic mass is 10.1. The average Bonchev–Trinajstić information content (AvgIpc) is 2.46. The summed E-state index contributed by atoms with van der Waals surface area (Å²) in [5.74, 6) is -0.462. The van der Waals surface area contributed by atoms with Crippen LogP contribution in [0.25, 0.3) is 21.8 Å². The summed E-state index contributed by atoms with van der Waals surface area (Å²) in [7, 11) is 1.32. The van der Waals surface area contributed by atoms with E-state index in [1.807, 2.05) is 18.2 Å². The minimum Gasteiger partial charge on any atom is -0.465 e. The number of pyridine rings is 1. The van der Waals surface area contributed by atoms with Crippen LogP contribution >= 0.6 is 0 Å². The third kappa shape index (κ3) is 1.69. The zero-order valence-corrected chi connectivity index (χ0v) is 10.3. The van der Waals surface area contributed by atoms with Crippen LogP contribution in [-0.4, -0.2) is 18.1 Å². The van der Waals surface area contributed by atoms with Gasteiger partial charge in [0.2, 0.25) is 0 Å². The average molecular weight is 253 g/mol. The predicted molar refractivity (Wildman–Crippen MR) is 73.4 cm³/mol. The highest BCUT2D eigenvalue weighted by molar-refractivity contribution is 6.05. The van der Waals surface area contributed by atoms with Gasteiger partial charge in [0.25, 0.3) is 0 Å². The summed E-state index contributed by atoms with van der Waals surface area (Å²) in [5.41, 5.74) is 1.49. The van der Waals surface area contributed by atoms with Gasteiger partial charge in [-0.2, -0.15) is 0 Å². The number of para-hydroxylation sites is 2. The number of ether oxygens (including phenoxy) is 1. The molecule has 0 bridgehead atoms. The number of H-pyrrole nitrogens is 1. The Labute approximate surface area is 108 Å². The molecule has 0 spiro atoms. The number of hydrogen-bond donors (Lipinski definition) is 1. The van der Waals surface area contributed by atoms with Gasteiger partial charge in [0, 0.05) is 16.3 Å². The molecule has 3 aromatic rings. The Hall–Kier alpha value is -2.62. The van der Waals surface area contributed by atoms with Gasteiger partial charge in [0.05, 0.1) is 18.2 Å². The number of esters is 1. The molecule has 0 aliphatic heterocycles. The van der Waals surface area contributed by atoms with E-state index in [0.29, 0.717) is 27.4 Å². The van der Waals surface area contributed by atoms with E-state index >= 15 is 0 Å². The van der Waals surface area contributed by atoms with Crippen molar-refractivity contribution < 1.29 is 9.53 Å². The first-order chi connectivity index (χ1) is 9.22. The highest BCUT2D eigenvalue weighted by atomic mass is 16.5. The third-order valence-corrected chi connectivity index (χ3v) is 3.15. The molecule has 1 aromatic heterocycles. The SMILES string of the molecule is COC(=O)c1cccc2c(=O)c3ccccc3[nH]c12. The lowest BCUT2D eigenvalue weighted by molar-refractivity contribution is 0.0603. The van der Waals surface area contributed by atoms with Crippen molar-refractivity contribution in [1.29, 1.82) is 0 Å². The van der Waals surface area contributed by atoms with Crippen LogP contribution in [0.4, 0.5) is 0 Å². The molecule has 0 saturated carbocycles. The molecule has 0 amide bonds. The Morgan fingerprint density at radius 1 is 1.05 bits per heavy atom. The van der Waals surface area contributed by atoms with Crippen molar-refractivity contribution >= 4 is 27.8 Å². The molecule has 3 rings (SSSR count). The summed E-state index contributed by atoms with van der Waals surface area (Å²) >= 11 is 0. The Morgan fingerprint density at radius 2 is 1.79 bits per heavy atom. The summed E-state index contributed by atoms with van der Waals surface area (Å²) in [6.07, 6.45) is 0. The maximum absolute atomic E-state index is 12.4. The topological polar surface area (TPSA) is 59.2 Å². The summed E-state index contributed by atoms with van der Waals surface area (Å²) in [6, 6.07) is 12.2. The standard InChI is InChI=1S/C15H11NO3/c1-19-15(18)11-7-4-6-10-13(11)16-12-8-3-2-5-9(12)14(10)17/h2-8H,1H3,(H,16,17). The van der Waals surface area contributed by atoms with Crippen LogP contribution in [0.1, 0.15) is 10.4 Å². The van der Waals surface area contributed by atoms with Crippen LogP contribution in [0.3, 0.4) is 0 Å². The summed E-state index contributed by atoms with van der Waals surface area (Å²) < 4.78 is 4.74. The van der Waals surface area contributed by atoms with E-state index < -0.39 is 5.97 Å². The summed E-state index contributed by atoms with van der Waals surface area (Å²) in [5, 5.41) is 1.10. The van der Waals surface area contributed by atoms with E-state index in [2.05, 4.69) is 4.98 Å². The monoisotopic (exact) mass is 253 g/mol. The third-order valence-electron chi connectivity index (χ3n) is 3.15. The molecular formula is C15H11NO3. The normalized spacial score (nSPS) is 10.8. The quantitative estimate of drug-likeness (QED) is 0.535. The maximum atomic E-state index is 12.4. The number of carbonyl (C=O) groups is 1. The van der Waals surface area contributed by atoms with Crippen molar-refractivity contribution in [3.8, 4) is 0 Å². The summed E-state index contributed by atoms with van der Waals surface area (Å²) in [4.78, 5) is 27.2. The van der Waals surface area contributed by atoms with Crippen LogP contribution in [0.15, 0.2) is 47.3 Å². The number of fused-ring (bicyclic) bond motifs is 2. The lowest BCUT2D eigenvalue weighted by Gasteiger charge is -2.06. The predicted octanol–water partition coefficient (Wildman–Crippen LogP) is 2.47. The highest BCUT2D eigenvalue weighted by Gasteiger charge is 2.13. The number of carbonyl (C=O) groups excluding carboxylic acids is 1. The molecule has 0 saturated heterocycles. The minimum atomic E-state index is -0.462. The number of hydrogen-bond acceptors (Lipinski definition) is 3. The first-order valence-corrected chi connectivity index (χ1v) is 5.84. The number of benzene rings is 2. The Kier molecular flexibility index (Phi) is 2.56. The second-order valence-corrected chi connectivity index (χ2v) is 4.22. The van der Waals surface area contributed by atoms with Crippen molar-refractivity contribution in [1.82, 2.24) is 4.98 Å². The molecule has 0 unspecified atom stereocenters. The van der Waals surface area contributed by atoms with Crippen molar-refractivity contribution in [3.63, 3.8) is 0 Å². The van der Waals surface area contributed by atoms with E-state index in [4.69, 9.17) is 4.74 Å². The first kappa shape index (κ1) is 11.5. The van der Waals surface area contributed by atoms with Gasteiger partial charge in [-0.15, -0.1) is 0 Å². The second-order valence-electron chi connectivity index (χ2n) is 4.22. The van der Waals surface area contributed by atoms with Gasteiger partial charge in [-0.25, -0.2) is 4.79 Å². The van der Waals surface area contributed by atoms with Gasteiger partial charge in [-0.05, 0) is 24.3 Å². The van der Waals surface area contributed by atoms with Gasteiger partial charge in [0.1, 0.15) is 0 Å². The largest absolute Gasteiger partial charge is 0.465 e. The highest BCUT2D eigenvalue weighted by Crippen LogP contribution is 2.18. The molecule has 1 N–H and O–H groups in total. The lowest BCUT2D eigenvalue weighted by Crippen LogP contribution is -2.09. The zero-order chi connectivity index (χ0) is 13.4. The molecule has 2 aromatic carbocycles. The summed E-state index contributed by atoms with van der Waals surface area (Å²) in [6.45, 7) is 0. The molecule has 1 heterocycles. The van der Waals surface area contributed by atoms with E-state index in [1.165, 1.54) is 7.11 Å². The van der Waals surface area contributed by atoms with Crippen LogP contribution in [0, 0.1) is 0 Å². The molecule has 0 aliphatic rings. The zero-order valence-electron chi connectivity index (χ0n) is 10.3. The fourth-order valence-corrected chi connectivity index (χ4v) is 2.23. The molecule has 4 nitrogen and oxygen atoms in total. The van der Waals surface area contributed by atoms with Gasteiger partial charge in [-0.3, -0.25) is 4.79 Å². The van der Waals surface area contributed by atoms with Crippen molar-refractivity contribution in [3.05, 3.63) is 58.3 Å². The van der Waals surface area contributed by atoms with Gasteiger partial charge in [0.15, 0.2) is 5.43 Å². The Bertz CT molecular complexity index is 849. The molecule has 0 fully saturated rings. The van der Waals surface area contributed by atoms with Crippen LogP contribution in [0.5, 0.6) is 0 Å². The number of aromatic nitrogens is 1. The molecule has 0 atom stereocenters. The smallest absolute Gasteiger partial charge is 0.339 e. The van der Waals surface area contributed by atoms with Gasteiger partial charge in [-0.1, -0.05) is 18.2 Å². The van der Waals surface area contributed by atoms with Crippen molar-refractivity contribution in [2.45, 2.75) is 0 Å². The maximum Gasteiger partial charge on any atom is 0.339 e. The minimum absolute atomic E-state index is 0.0879. The van der Waals surface area contributed by atoms with Crippen molar-refractivity contribution in [2.75, 3.05) is 7.11 Å². The molecule has 94 valence electrons.